The molecule has 0 spiro atoms. The van der Waals surface area contributed by atoms with Crippen LogP contribution >= 0.6 is 11.8 Å². The van der Waals surface area contributed by atoms with Gasteiger partial charge in [-0.05, 0) is 48.6 Å². The lowest BCUT2D eigenvalue weighted by Gasteiger charge is -2.09. The molecule has 0 aliphatic carbocycles. The van der Waals surface area contributed by atoms with Crippen LogP contribution in [0.1, 0.15) is 19.8 Å². The first-order valence-corrected chi connectivity index (χ1v) is 11.0. The third-order valence-corrected chi connectivity index (χ3v) is 5.62. The molecule has 4 aromatic rings. The van der Waals surface area contributed by atoms with Crippen molar-refractivity contribution in [2.75, 3.05) is 23.4 Å². The number of nitrogens with zero attached hydrogens (tertiary/aromatic N) is 4. The van der Waals surface area contributed by atoms with Gasteiger partial charge in [-0.15, -0.1) is 10.2 Å². The van der Waals surface area contributed by atoms with Crippen molar-refractivity contribution in [2.45, 2.75) is 19.8 Å². The van der Waals surface area contributed by atoms with Gasteiger partial charge < -0.3 is 9.73 Å². The summed E-state index contributed by atoms with van der Waals surface area (Å²) in [7, 11) is 0. The van der Waals surface area contributed by atoms with Gasteiger partial charge in [-0.25, -0.2) is 9.97 Å². The first-order valence-electron chi connectivity index (χ1n) is 9.83. The van der Waals surface area contributed by atoms with E-state index in [4.69, 9.17) is 4.42 Å². The summed E-state index contributed by atoms with van der Waals surface area (Å²) in [5, 5.41) is 12.8. The summed E-state index contributed by atoms with van der Waals surface area (Å²) in [5.74, 6) is 4.35. The number of aromatic nitrogens is 4. The summed E-state index contributed by atoms with van der Waals surface area (Å²) < 4.78 is 5.85. The van der Waals surface area contributed by atoms with E-state index in [0.717, 1.165) is 41.0 Å². The second kappa shape index (κ2) is 9.52. The minimum atomic E-state index is 0.316. The number of rotatable bonds is 9. The molecule has 29 heavy (non-hydrogen) atoms. The van der Waals surface area contributed by atoms with Gasteiger partial charge in [0.15, 0.2) is 0 Å². The Morgan fingerprint density at radius 2 is 1.69 bits per heavy atom. The molecule has 2 aromatic carbocycles. The van der Waals surface area contributed by atoms with Gasteiger partial charge in [0.1, 0.15) is 5.82 Å². The second-order valence-corrected chi connectivity index (χ2v) is 7.81. The molecule has 0 aliphatic rings. The monoisotopic (exact) mass is 405 g/mol. The topological polar surface area (TPSA) is 76.7 Å². The molecular weight excluding hydrogens is 382 g/mol. The Labute approximate surface area is 174 Å². The molecule has 0 aliphatic heterocycles. The van der Waals surface area contributed by atoms with Gasteiger partial charge >= 0.3 is 0 Å². The number of anilines is 1. The predicted octanol–water partition coefficient (Wildman–Crippen LogP) is 5.29. The second-order valence-electron chi connectivity index (χ2n) is 6.58. The number of thioether (sulfide) groups is 1. The van der Waals surface area contributed by atoms with Crippen LogP contribution in [0.3, 0.4) is 0 Å². The van der Waals surface area contributed by atoms with Crippen LogP contribution in [0.2, 0.25) is 0 Å². The zero-order valence-corrected chi connectivity index (χ0v) is 17.2. The molecule has 0 atom stereocenters. The van der Waals surface area contributed by atoms with E-state index in [0.29, 0.717) is 17.6 Å². The highest BCUT2D eigenvalue weighted by atomic mass is 32.2. The molecule has 148 valence electrons. The highest BCUT2D eigenvalue weighted by Gasteiger charge is 2.15. The molecule has 0 unspecified atom stereocenters. The van der Waals surface area contributed by atoms with E-state index >= 15 is 0 Å². The fourth-order valence-corrected chi connectivity index (χ4v) is 3.79. The van der Waals surface area contributed by atoms with Gasteiger partial charge in [-0.2, -0.15) is 11.8 Å². The molecule has 2 aromatic heterocycles. The number of nitrogens with one attached hydrogen (secondary N) is 1. The van der Waals surface area contributed by atoms with Crippen LogP contribution in [0.25, 0.3) is 34.1 Å². The van der Waals surface area contributed by atoms with Crippen molar-refractivity contribution in [2.24, 2.45) is 0 Å². The lowest BCUT2D eigenvalue weighted by atomic mass is 10.2. The van der Waals surface area contributed by atoms with Gasteiger partial charge in [0, 0.05) is 17.5 Å². The lowest BCUT2D eigenvalue weighted by molar-refractivity contribution is 0.579. The Balaban J connectivity index is 1.58. The van der Waals surface area contributed by atoms with Crippen molar-refractivity contribution < 1.29 is 4.42 Å². The van der Waals surface area contributed by atoms with E-state index < -0.39 is 0 Å². The normalized spacial score (nSPS) is 11.1. The number of fused-ring (bicyclic) bond motifs is 1. The molecule has 0 radical (unpaired) electrons. The van der Waals surface area contributed by atoms with Gasteiger partial charge in [-0.3, -0.25) is 0 Å². The molecule has 0 bridgehead atoms. The number of para-hydroxylation sites is 1. The van der Waals surface area contributed by atoms with Gasteiger partial charge in [0.05, 0.1) is 5.52 Å². The van der Waals surface area contributed by atoms with Crippen molar-refractivity contribution >= 4 is 28.5 Å². The van der Waals surface area contributed by atoms with Crippen LogP contribution in [-0.2, 0) is 0 Å². The minimum absolute atomic E-state index is 0.316. The van der Waals surface area contributed by atoms with Gasteiger partial charge in [-0.1, -0.05) is 37.3 Å². The Morgan fingerprint density at radius 3 is 2.55 bits per heavy atom. The summed E-state index contributed by atoms with van der Waals surface area (Å²) >= 11 is 1.99. The van der Waals surface area contributed by atoms with Crippen LogP contribution < -0.4 is 5.32 Å². The van der Waals surface area contributed by atoms with Crippen molar-refractivity contribution in [3.05, 3.63) is 54.6 Å². The van der Waals surface area contributed by atoms with Crippen LogP contribution in [0.15, 0.2) is 59.0 Å². The van der Waals surface area contributed by atoms with Crippen molar-refractivity contribution in [1.82, 2.24) is 20.2 Å². The third-order valence-electron chi connectivity index (χ3n) is 4.35. The first-order chi connectivity index (χ1) is 14.3. The maximum atomic E-state index is 5.85. The van der Waals surface area contributed by atoms with E-state index in [1.165, 1.54) is 12.2 Å². The maximum Gasteiger partial charge on any atom is 0.286 e. The molecule has 0 saturated carbocycles. The molecule has 2 heterocycles. The molecule has 0 fully saturated rings. The van der Waals surface area contributed by atoms with Crippen LogP contribution in [-0.4, -0.2) is 38.2 Å². The molecule has 1 N–H and O–H groups in total. The minimum Gasteiger partial charge on any atom is -0.413 e. The molecular formula is C22H23N5OS. The predicted molar refractivity (Wildman–Crippen MR) is 119 cm³/mol. The van der Waals surface area contributed by atoms with E-state index in [2.05, 4.69) is 32.4 Å². The largest absolute Gasteiger partial charge is 0.413 e. The fraction of sp³-hybridized carbons (Fsp3) is 0.273. The van der Waals surface area contributed by atoms with Crippen LogP contribution in [0.5, 0.6) is 0 Å². The highest BCUT2D eigenvalue weighted by molar-refractivity contribution is 7.99. The molecule has 0 amide bonds. The highest BCUT2D eigenvalue weighted by Crippen LogP contribution is 2.26. The summed E-state index contributed by atoms with van der Waals surface area (Å²) in [6.45, 7) is 3.07. The van der Waals surface area contributed by atoms with Crippen molar-refractivity contribution in [1.29, 1.82) is 0 Å². The Bertz CT molecular complexity index is 1070. The third kappa shape index (κ3) is 4.74. The number of benzene rings is 2. The standard InChI is InChI=1S/C22H23N5OS/c1-2-14-29-15-8-13-23-19-17-11-6-7-12-18(17)24-20(25-19)22-27-26-21(28-22)16-9-4-3-5-10-16/h3-7,9-12H,2,8,13-15H2,1H3,(H,23,24,25). The Kier molecular flexibility index (Phi) is 6.36. The maximum absolute atomic E-state index is 5.85. The molecule has 0 saturated heterocycles. The smallest absolute Gasteiger partial charge is 0.286 e. The van der Waals surface area contributed by atoms with Gasteiger partial charge in [0.25, 0.3) is 5.89 Å². The van der Waals surface area contributed by atoms with Crippen molar-refractivity contribution in [3.8, 4) is 23.2 Å². The van der Waals surface area contributed by atoms with E-state index in [1.54, 1.807) is 0 Å². The summed E-state index contributed by atoms with van der Waals surface area (Å²) in [6, 6.07) is 17.6. The van der Waals surface area contributed by atoms with E-state index in [-0.39, 0.29) is 0 Å². The van der Waals surface area contributed by atoms with Gasteiger partial charge in [0.2, 0.25) is 11.7 Å². The summed E-state index contributed by atoms with van der Waals surface area (Å²) in [6.07, 6.45) is 2.30. The number of hydrogen-bond donors (Lipinski definition) is 1. The van der Waals surface area contributed by atoms with Crippen LogP contribution in [0, 0.1) is 0 Å². The zero-order chi connectivity index (χ0) is 19.9. The lowest BCUT2D eigenvalue weighted by Crippen LogP contribution is -2.06. The van der Waals surface area contributed by atoms with E-state index in [1.807, 2.05) is 66.4 Å². The van der Waals surface area contributed by atoms with E-state index in [9.17, 15) is 0 Å². The average Bonchev–Trinajstić information content (AvgIpc) is 3.27. The average molecular weight is 406 g/mol. The fourth-order valence-electron chi connectivity index (χ4n) is 2.95. The zero-order valence-electron chi connectivity index (χ0n) is 16.3. The number of hydrogen-bond acceptors (Lipinski definition) is 7. The molecule has 4 rings (SSSR count). The summed E-state index contributed by atoms with van der Waals surface area (Å²) in [4.78, 5) is 9.32. The quantitative estimate of drug-likeness (QED) is 0.379. The Hall–Kier alpha value is -2.93. The first kappa shape index (κ1) is 19.4. The Morgan fingerprint density at radius 1 is 0.897 bits per heavy atom. The summed E-state index contributed by atoms with van der Waals surface area (Å²) in [5.41, 5.74) is 1.72. The molecule has 7 heteroatoms. The SMILES string of the molecule is CCCSCCCNc1nc(-c2nnc(-c3ccccc3)o2)nc2ccccc12. The van der Waals surface area contributed by atoms with Crippen LogP contribution in [0.4, 0.5) is 5.82 Å². The molecule has 6 nitrogen and oxygen atoms in total. The van der Waals surface area contributed by atoms with Crippen molar-refractivity contribution in [3.63, 3.8) is 0 Å².